The van der Waals surface area contributed by atoms with Crippen molar-refractivity contribution >= 4 is 35.0 Å². The maximum absolute atomic E-state index is 12.5. The molecule has 1 aromatic heterocycles. The molecule has 0 fully saturated rings. The Labute approximate surface area is 193 Å². The number of carbonyl (C=O) groups is 1. The Morgan fingerprint density at radius 1 is 1.00 bits per heavy atom. The molecule has 32 heavy (non-hydrogen) atoms. The lowest BCUT2D eigenvalue weighted by atomic mass is 10.2. The highest BCUT2D eigenvalue weighted by Gasteiger charge is 2.20. The highest BCUT2D eigenvalue weighted by atomic mass is 35.5. The van der Waals surface area contributed by atoms with Crippen LogP contribution in [0.5, 0.6) is 11.5 Å². The van der Waals surface area contributed by atoms with Crippen molar-refractivity contribution in [3.8, 4) is 28.6 Å². The predicted molar refractivity (Wildman–Crippen MR) is 124 cm³/mol. The van der Waals surface area contributed by atoms with Crippen LogP contribution in [-0.2, 0) is 4.79 Å². The molecule has 1 N–H and O–H groups in total. The second-order valence-electron chi connectivity index (χ2n) is 6.89. The van der Waals surface area contributed by atoms with E-state index in [1.54, 1.807) is 24.3 Å². The lowest BCUT2D eigenvalue weighted by molar-refractivity contribution is -0.113. The topological polar surface area (TPSA) is 78.3 Å². The fourth-order valence-electron chi connectivity index (χ4n) is 3.26. The van der Waals surface area contributed by atoms with Crippen LogP contribution in [0.15, 0.2) is 78.0 Å². The fraction of sp³-hybridized carbons (Fsp3) is 0.0870. The van der Waals surface area contributed by atoms with Gasteiger partial charge in [-0.05, 0) is 54.6 Å². The van der Waals surface area contributed by atoms with Gasteiger partial charge in [-0.2, -0.15) is 0 Å². The second kappa shape index (κ2) is 8.94. The van der Waals surface area contributed by atoms with E-state index in [9.17, 15) is 4.79 Å². The van der Waals surface area contributed by atoms with Crippen LogP contribution in [-0.4, -0.2) is 33.2 Å². The first-order valence-corrected chi connectivity index (χ1v) is 11.1. The minimum absolute atomic E-state index is 0.149. The van der Waals surface area contributed by atoms with Gasteiger partial charge in [-0.15, -0.1) is 10.2 Å². The summed E-state index contributed by atoms with van der Waals surface area (Å²) in [5.41, 5.74) is 2.42. The molecule has 0 bridgehead atoms. The number of fused-ring (bicyclic) bond motifs is 1. The first kappa shape index (κ1) is 20.4. The number of hydrogen-bond acceptors (Lipinski definition) is 6. The molecule has 0 spiro atoms. The zero-order valence-electron chi connectivity index (χ0n) is 16.7. The van der Waals surface area contributed by atoms with Gasteiger partial charge in [0.25, 0.3) is 0 Å². The third-order valence-corrected chi connectivity index (χ3v) is 5.92. The average molecular weight is 465 g/mol. The van der Waals surface area contributed by atoms with Gasteiger partial charge in [-0.25, -0.2) is 0 Å². The minimum atomic E-state index is -0.149. The quantitative estimate of drug-likeness (QED) is 0.402. The summed E-state index contributed by atoms with van der Waals surface area (Å²) < 4.78 is 12.8. The number of thioether (sulfide) groups is 1. The molecule has 4 aromatic rings. The Morgan fingerprint density at radius 3 is 2.59 bits per heavy atom. The van der Waals surface area contributed by atoms with Crippen molar-refractivity contribution < 1.29 is 14.3 Å². The van der Waals surface area contributed by atoms with E-state index in [2.05, 4.69) is 15.5 Å². The standard InChI is InChI=1S/C23H17ClN4O3S/c24-16-7-9-17(10-8-16)25-21(29)13-32-23-27-26-22(28(23)18-4-2-1-3-5-18)15-6-11-19-20(12-15)31-14-30-19/h1-12H,13-14H2,(H,25,29). The number of amides is 1. The highest BCUT2D eigenvalue weighted by Crippen LogP contribution is 2.37. The van der Waals surface area contributed by atoms with Crippen LogP contribution in [0, 0.1) is 0 Å². The molecule has 3 aromatic carbocycles. The summed E-state index contributed by atoms with van der Waals surface area (Å²) in [7, 11) is 0. The van der Waals surface area contributed by atoms with Crippen LogP contribution in [0.3, 0.4) is 0 Å². The molecule has 0 radical (unpaired) electrons. The number of anilines is 1. The molecule has 9 heteroatoms. The number of ether oxygens (including phenoxy) is 2. The van der Waals surface area contributed by atoms with E-state index in [4.69, 9.17) is 21.1 Å². The lowest BCUT2D eigenvalue weighted by Crippen LogP contribution is -2.14. The Bertz CT molecular complexity index is 1260. The third-order valence-electron chi connectivity index (χ3n) is 4.74. The Morgan fingerprint density at radius 2 is 1.78 bits per heavy atom. The van der Waals surface area contributed by atoms with Crippen LogP contribution >= 0.6 is 23.4 Å². The number of rotatable bonds is 6. The van der Waals surface area contributed by atoms with Gasteiger partial charge >= 0.3 is 0 Å². The van der Waals surface area contributed by atoms with E-state index in [-0.39, 0.29) is 18.5 Å². The summed E-state index contributed by atoms with van der Waals surface area (Å²) in [6.07, 6.45) is 0. The van der Waals surface area contributed by atoms with Crippen molar-refractivity contribution in [1.82, 2.24) is 14.8 Å². The SMILES string of the molecule is O=C(CSc1nnc(-c2ccc3c(c2)OCO3)n1-c1ccccc1)Nc1ccc(Cl)cc1. The number of hydrogen-bond donors (Lipinski definition) is 1. The summed E-state index contributed by atoms with van der Waals surface area (Å²) in [5.74, 6) is 2.05. The monoisotopic (exact) mass is 464 g/mol. The molecule has 1 aliphatic rings. The first-order chi connectivity index (χ1) is 15.7. The molecule has 0 atom stereocenters. The maximum Gasteiger partial charge on any atom is 0.234 e. The van der Waals surface area contributed by atoms with E-state index >= 15 is 0 Å². The zero-order chi connectivity index (χ0) is 21.9. The smallest absolute Gasteiger partial charge is 0.234 e. The van der Waals surface area contributed by atoms with E-state index in [0.717, 1.165) is 11.3 Å². The molecule has 1 aliphatic heterocycles. The van der Waals surface area contributed by atoms with Gasteiger partial charge in [0.1, 0.15) is 0 Å². The number of nitrogens with one attached hydrogen (secondary N) is 1. The highest BCUT2D eigenvalue weighted by molar-refractivity contribution is 7.99. The molecule has 5 rings (SSSR count). The molecule has 0 saturated carbocycles. The largest absolute Gasteiger partial charge is 0.454 e. The third kappa shape index (κ3) is 4.28. The number of benzene rings is 3. The van der Waals surface area contributed by atoms with E-state index in [1.807, 2.05) is 53.1 Å². The van der Waals surface area contributed by atoms with Gasteiger partial charge in [0.2, 0.25) is 12.7 Å². The molecular formula is C23H17ClN4O3S. The predicted octanol–water partition coefficient (Wildman–Crippen LogP) is 5.05. The van der Waals surface area contributed by atoms with E-state index in [0.29, 0.717) is 33.2 Å². The van der Waals surface area contributed by atoms with E-state index < -0.39 is 0 Å². The van der Waals surface area contributed by atoms with Gasteiger partial charge < -0.3 is 14.8 Å². The fourth-order valence-corrected chi connectivity index (χ4v) is 4.13. The number of para-hydroxylation sites is 1. The van der Waals surface area contributed by atoms with Crippen molar-refractivity contribution in [2.75, 3.05) is 17.9 Å². The average Bonchev–Trinajstić information content (AvgIpc) is 3.46. The summed E-state index contributed by atoms with van der Waals surface area (Å²) in [4.78, 5) is 12.5. The summed E-state index contributed by atoms with van der Waals surface area (Å²) in [6.45, 7) is 0.202. The minimum Gasteiger partial charge on any atom is -0.454 e. The Hall–Kier alpha value is -3.49. The van der Waals surface area contributed by atoms with Gasteiger partial charge in [-0.1, -0.05) is 41.6 Å². The van der Waals surface area contributed by atoms with Crippen LogP contribution in [0.25, 0.3) is 17.1 Å². The van der Waals surface area contributed by atoms with Gasteiger partial charge in [0, 0.05) is 22.0 Å². The molecular weight excluding hydrogens is 448 g/mol. The Kier molecular flexibility index (Phi) is 5.70. The van der Waals surface area contributed by atoms with Crippen LogP contribution < -0.4 is 14.8 Å². The summed E-state index contributed by atoms with van der Waals surface area (Å²) in [5, 5.41) is 12.8. The molecule has 0 saturated heterocycles. The zero-order valence-corrected chi connectivity index (χ0v) is 18.3. The summed E-state index contributed by atoms with van der Waals surface area (Å²) in [6, 6.07) is 22.4. The second-order valence-corrected chi connectivity index (χ2v) is 8.27. The normalized spacial score (nSPS) is 12.0. The summed E-state index contributed by atoms with van der Waals surface area (Å²) >= 11 is 7.21. The van der Waals surface area contributed by atoms with Gasteiger partial charge in [-0.3, -0.25) is 9.36 Å². The number of nitrogens with zero attached hydrogens (tertiary/aromatic N) is 3. The molecule has 0 unspecified atom stereocenters. The molecule has 2 heterocycles. The van der Waals surface area contributed by atoms with Crippen molar-refractivity contribution in [2.24, 2.45) is 0 Å². The number of carbonyl (C=O) groups excluding carboxylic acids is 1. The number of aromatic nitrogens is 3. The molecule has 7 nitrogen and oxygen atoms in total. The van der Waals surface area contributed by atoms with Crippen molar-refractivity contribution in [1.29, 1.82) is 0 Å². The van der Waals surface area contributed by atoms with Gasteiger partial charge in [0.15, 0.2) is 22.5 Å². The first-order valence-electron chi connectivity index (χ1n) is 9.76. The molecule has 0 aliphatic carbocycles. The Balaban J connectivity index is 1.41. The lowest BCUT2D eigenvalue weighted by Gasteiger charge is -2.11. The van der Waals surface area contributed by atoms with Crippen LogP contribution in [0.1, 0.15) is 0 Å². The maximum atomic E-state index is 12.5. The van der Waals surface area contributed by atoms with Crippen molar-refractivity contribution in [3.63, 3.8) is 0 Å². The molecule has 1 amide bonds. The van der Waals surface area contributed by atoms with Crippen LogP contribution in [0.2, 0.25) is 5.02 Å². The number of halogens is 1. The van der Waals surface area contributed by atoms with Crippen molar-refractivity contribution in [2.45, 2.75) is 5.16 Å². The molecule has 160 valence electrons. The van der Waals surface area contributed by atoms with Crippen molar-refractivity contribution in [3.05, 3.63) is 77.8 Å². The van der Waals surface area contributed by atoms with Crippen LogP contribution in [0.4, 0.5) is 5.69 Å². The van der Waals surface area contributed by atoms with Gasteiger partial charge in [0.05, 0.1) is 5.75 Å². The van der Waals surface area contributed by atoms with E-state index in [1.165, 1.54) is 11.8 Å².